The van der Waals surface area contributed by atoms with Crippen LogP contribution in [-0.4, -0.2) is 53.5 Å². The lowest BCUT2D eigenvalue weighted by molar-refractivity contribution is -0.125. The molecule has 38 heavy (non-hydrogen) atoms. The Morgan fingerprint density at radius 1 is 1.16 bits per heavy atom. The van der Waals surface area contributed by atoms with E-state index in [0.717, 1.165) is 18.7 Å². The molecule has 1 aromatic carbocycles. The second kappa shape index (κ2) is 10.3. The van der Waals surface area contributed by atoms with E-state index in [-0.39, 0.29) is 11.8 Å². The fourth-order valence-electron chi connectivity index (χ4n) is 5.22. The van der Waals surface area contributed by atoms with Crippen LogP contribution in [0.25, 0.3) is 0 Å². The number of amides is 2. The summed E-state index contributed by atoms with van der Waals surface area (Å²) in [6.45, 7) is 4.57. The molecule has 0 radical (unpaired) electrons. The molecule has 2 aromatic heterocycles. The maximum Gasteiger partial charge on any atom is 0.255 e. The Balaban J connectivity index is 1.44. The number of hydrogen-bond acceptors (Lipinski definition) is 8. The van der Waals surface area contributed by atoms with Crippen LogP contribution in [0, 0.1) is 5.41 Å². The van der Waals surface area contributed by atoms with Crippen LogP contribution < -0.4 is 25.2 Å². The fraction of sp³-hybridized carbons (Fsp3) is 0.393. The molecule has 5 rings (SSSR count). The molecule has 10 heteroatoms. The highest BCUT2D eigenvalue weighted by Gasteiger charge is 2.41. The Morgan fingerprint density at radius 3 is 2.66 bits per heavy atom. The minimum Gasteiger partial charge on any atom is -0.495 e. The molecule has 0 unspecified atom stereocenters. The third-order valence-corrected chi connectivity index (χ3v) is 7.23. The molecule has 2 N–H and O–H groups in total. The van der Waals surface area contributed by atoms with Crippen molar-refractivity contribution >= 4 is 40.6 Å². The number of fused-ring (bicyclic) bond motifs is 1. The standard InChI is InChI=1S/C28H33N7O3/c1-28(2)17-35(20-9-5-6-10-20)24-22(34(3)26(28)37)16-30-27(33-24)32-21-12-11-18(14-23(21)38-4)25(36)31-19-8-7-13-29-15-19/h7-8,11-16,20H,5-6,9-10,17H2,1-4H3,(H,31,36)(H,30,32,33). The smallest absolute Gasteiger partial charge is 0.255 e. The predicted octanol–water partition coefficient (Wildman–Crippen LogP) is 4.63. The molecule has 1 aliphatic heterocycles. The van der Waals surface area contributed by atoms with Crippen LogP contribution in [0.3, 0.4) is 0 Å². The minimum absolute atomic E-state index is 0.0466. The molecule has 1 aliphatic carbocycles. The highest BCUT2D eigenvalue weighted by molar-refractivity contribution is 6.05. The quantitative estimate of drug-likeness (QED) is 0.489. The molecule has 2 aliphatic rings. The molecular weight excluding hydrogens is 482 g/mol. The van der Waals surface area contributed by atoms with Crippen molar-refractivity contribution in [2.24, 2.45) is 5.41 Å². The number of methoxy groups -OCH3 is 1. The van der Waals surface area contributed by atoms with Crippen LogP contribution in [-0.2, 0) is 4.79 Å². The van der Waals surface area contributed by atoms with Gasteiger partial charge in [-0.25, -0.2) is 4.98 Å². The van der Waals surface area contributed by atoms with Gasteiger partial charge >= 0.3 is 0 Å². The van der Waals surface area contributed by atoms with Crippen molar-refractivity contribution in [2.45, 2.75) is 45.6 Å². The molecule has 10 nitrogen and oxygen atoms in total. The molecule has 3 heterocycles. The molecule has 0 bridgehead atoms. The van der Waals surface area contributed by atoms with Crippen LogP contribution >= 0.6 is 0 Å². The van der Waals surface area contributed by atoms with Gasteiger partial charge in [-0.15, -0.1) is 0 Å². The second-order valence-corrected chi connectivity index (χ2v) is 10.5. The van der Waals surface area contributed by atoms with E-state index in [0.29, 0.717) is 46.9 Å². The first-order valence-electron chi connectivity index (χ1n) is 12.8. The van der Waals surface area contributed by atoms with Gasteiger partial charge in [-0.05, 0) is 57.0 Å². The number of pyridine rings is 1. The third-order valence-electron chi connectivity index (χ3n) is 7.23. The van der Waals surface area contributed by atoms with E-state index in [9.17, 15) is 9.59 Å². The topological polar surface area (TPSA) is 113 Å². The lowest BCUT2D eigenvalue weighted by atomic mass is 9.91. The number of nitrogens with one attached hydrogen (secondary N) is 2. The molecular formula is C28H33N7O3. The lowest BCUT2D eigenvalue weighted by Crippen LogP contribution is -2.45. The number of anilines is 5. The lowest BCUT2D eigenvalue weighted by Gasteiger charge is -2.34. The molecule has 0 saturated heterocycles. The summed E-state index contributed by atoms with van der Waals surface area (Å²) >= 11 is 0. The van der Waals surface area contributed by atoms with Crippen LogP contribution in [0.4, 0.5) is 28.8 Å². The van der Waals surface area contributed by atoms with E-state index in [1.54, 1.807) is 68.0 Å². The molecule has 0 spiro atoms. The van der Waals surface area contributed by atoms with Gasteiger partial charge in [-0.3, -0.25) is 14.6 Å². The summed E-state index contributed by atoms with van der Waals surface area (Å²) in [6.07, 6.45) is 9.44. The monoisotopic (exact) mass is 515 g/mol. The van der Waals surface area contributed by atoms with Gasteiger partial charge in [0, 0.05) is 31.4 Å². The Hall–Kier alpha value is -4.21. The van der Waals surface area contributed by atoms with Gasteiger partial charge in [0.25, 0.3) is 5.91 Å². The van der Waals surface area contributed by atoms with Gasteiger partial charge in [0.15, 0.2) is 5.82 Å². The third kappa shape index (κ3) is 4.98. The van der Waals surface area contributed by atoms with Crippen molar-refractivity contribution in [2.75, 3.05) is 41.1 Å². The van der Waals surface area contributed by atoms with Gasteiger partial charge in [-0.2, -0.15) is 4.98 Å². The summed E-state index contributed by atoms with van der Waals surface area (Å²) in [4.78, 5) is 43.4. The van der Waals surface area contributed by atoms with Crippen LogP contribution in [0.5, 0.6) is 5.75 Å². The zero-order valence-electron chi connectivity index (χ0n) is 22.2. The zero-order chi connectivity index (χ0) is 26.9. The van der Waals surface area contributed by atoms with Crippen LogP contribution in [0.2, 0.25) is 0 Å². The summed E-state index contributed by atoms with van der Waals surface area (Å²) in [5, 5.41) is 6.07. The molecule has 0 atom stereocenters. The zero-order valence-corrected chi connectivity index (χ0v) is 22.2. The van der Waals surface area contributed by atoms with E-state index >= 15 is 0 Å². The number of carbonyl (C=O) groups excluding carboxylic acids is 2. The second-order valence-electron chi connectivity index (χ2n) is 10.5. The van der Waals surface area contributed by atoms with Gasteiger partial charge < -0.3 is 25.2 Å². The average molecular weight is 516 g/mol. The Morgan fingerprint density at radius 2 is 1.95 bits per heavy atom. The van der Waals surface area contributed by atoms with Crippen molar-refractivity contribution in [1.29, 1.82) is 0 Å². The van der Waals surface area contributed by atoms with E-state index < -0.39 is 5.41 Å². The van der Waals surface area contributed by atoms with E-state index in [1.807, 2.05) is 13.8 Å². The van der Waals surface area contributed by atoms with E-state index in [1.165, 1.54) is 12.8 Å². The van der Waals surface area contributed by atoms with Crippen molar-refractivity contribution in [3.8, 4) is 5.75 Å². The van der Waals surface area contributed by atoms with Crippen molar-refractivity contribution in [3.05, 3.63) is 54.5 Å². The number of rotatable bonds is 6. The Labute approximate surface area is 222 Å². The number of nitrogens with zero attached hydrogens (tertiary/aromatic N) is 5. The Bertz CT molecular complexity index is 1340. The molecule has 2 amide bonds. The van der Waals surface area contributed by atoms with Crippen molar-refractivity contribution in [1.82, 2.24) is 15.0 Å². The number of hydrogen-bond donors (Lipinski definition) is 2. The van der Waals surface area contributed by atoms with E-state index in [4.69, 9.17) is 9.72 Å². The highest BCUT2D eigenvalue weighted by atomic mass is 16.5. The SMILES string of the molecule is COc1cc(C(=O)Nc2cccnc2)ccc1Nc1ncc2c(n1)N(C1CCCC1)CC(C)(C)C(=O)N2C. The maximum absolute atomic E-state index is 13.2. The first kappa shape index (κ1) is 25.4. The molecule has 1 saturated carbocycles. The number of carbonyl (C=O) groups is 2. The van der Waals surface area contributed by atoms with Gasteiger partial charge in [0.05, 0.1) is 36.3 Å². The normalized spacial score (nSPS) is 17.1. The number of benzene rings is 1. The fourth-order valence-corrected chi connectivity index (χ4v) is 5.22. The van der Waals surface area contributed by atoms with Gasteiger partial charge in [-0.1, -0.05) is 12.8 Å². The summed E-state index contributed by atoms with van der Waals surface area (Å²) in [5.41, 5.74) is 1.81. The highest BCUT2D eigenvalue weighted by Crippen LogP contribution is 2.40. The van der Waals surface area contributed by atoms with Crippen LogP contribution in [0.15, 0.2) is 48.9 Å². The Kier molecular flexibility index (Phi) is 6.88. The molecule has 198 valence electrons. The predicted molar refractivity (Wildman–Crippen MR) is 147 cm³/mol. The van der Waals surface area contributed by atoms with Crippen LogP contribution in [0.1, 0.15) is 49.9 Å². The van der Waals surface area contributed by atoms with E-state index in [2.05, 4.69) is 25.5 Å². The first-order valence-corrected chi connectivity index (χ1v) is 12.8. The summed E-state index contributed by atoms with van der Waals surface area (Å²) in [6, 6.07) is 9.00. The van der Waals surface area contributed by atoms with Gasteiger partial charge in [0.1, 0.15) is 11.4 Å². The minimum atomic E-state index is -0.554. The molecule has 1 fully saturated rings. The average Bonchev–Trinajstić information content (AvgIpc) is 3.44. The summed E-state index contributed by atoms with van der Waals surface area (Å²) in [7, 11) is 3.33. The van der Waals surface area contributed by atoms with Gasteiger partial charge in [0.2, 0.25) is 11.9 Å². The maximum atomic E-state index is 13.2. The number of aromatic nitrogens is 3. The largest absolute Gasteiger partial charge is 0.495 e. The van der Waals surface area contributed by atoms with Crippen molar-refractivity contribution in [3.63, 3.8) is 0 Å². The number of ether oxygens (including phenoxy) is 1. The summed E-state index contributed by atoms with van der Waals surface area (Å²) in [5.74, 6) is 1.39. The van der Waals surface area contributed by atoms with Crippen molar-refractivity contribution < 1.29 is 14.3 Å². The first-order chi connectivity index (χ1) is 18.3. The molecule has 3 aromatic rings. The summed E-state index contributed by atoms with van der Waals surface area (Å²) < 4.78 is 5.58.